The van der Waals surface area contributed by atoms with E-state index in [-0.39, 0.29) is 6.61 Å². The van der Waals surface area contributed by atoms with Crippen LogP contribution in [0.2, 0.25) is 0 Å². The first kappa shape index (κ1) is 11.0. The largest absolute Gasteiger partial charge is 0.396 e. The van der Waals surface area contributed by atoms with Crippen LogP contribution in [0.4, 0.5) is 5.95 Å². The van der Waals surface area contributed by atoms with Crippen LogP contribution in [0.3, 0.4) is 0 Å². The van der Waals surface area contributed by atoms with Gasteiger partial charge in [0.1, 0.15) is 0 Å². The summed E-state index contributed by atoms with van der Waals surface area (Å²) in [6.45, 7) is 4.98. The van der Waals surface area contributed by atoms with E-state index >= 15 is 0 Å². The summed E-state index contributed by atoms with van der Waals surface area (Å²) in [7, 11) is 0. The van der Waals surface area contributed by atoms with Crippen molar-refractivity contribution >= 4 is 17.0 Å². The van der Waals surface area contributed by atoms with Crippen LogP contribution in [0, 0.1) is 13.8 Å². The average Bonchev–Trinajstić information content (AvgIpc) is 2.53. The molecule has 4 nitrogen and oxygen atoms in total. The summed E-state index contributed by atoms with van der Waals surface area (Å²) in [5.74, 6) is 0.525. The van der Waals surface area contributed by atoms with Crippen LogP contribution >= 0.6 is 0 Å². The van der Waals surface area contributed by atoms with Crippen LogP contribution in [-0.2, 0) is 6.54 Å². The number of aromatic nitrogens is 2. The molecule has 0 radical (unpaired) electrons. The molecule has 0 aliphatic carbocycles. The summed E-state index contributed by atoms with van der Waals surface area (Å²) < 4.78 is 1.96. The topological polar surface area (TPSA) is 64.1 Å². The summed E-state index contributed by atoms with van der Waals surface area (Å²) >= 11 is 0. The molecule has 0 bridgehead atoms. The molecule has 0 amide bonds. The van der Waals surface area contributed by atoms with Crippen LogP contribution in [0.15, 0.2) is 12.1 Å². The predicted octanol–water partition coefficient (Wildman–Crippen LogP) is 1.62. The zero-order valence-corrected chi connectivity index (χ0v) is 9.70. The minimum atomic E-state index is 0.171. The van der Waals surface area contributed by atoms with Gasteiger partial charge in [-0.15, -0.1) is 0 Å². The zero-order valence-electron chi connectivity index (χ0n) is 9.70. The van der Waals surface area contributed by atoms with Crippen molar-refractivity contribution in [3.8, 4) is 0 Å². The third-order valence-electron chi connectivity index (χ3n) is 2.76. The number of anilines is 1. The van der Waals surface area contributed by atoms with Gasteiger partial charge in [-0.25, -0.2) is 4.98 Å². The molecule has 0 fully saturated rings. The summed E-state index contributed by atoms with van der Waals surface area (Å²) in [5.41, 5.74) is 10.2. The second-order valence-corrected chi connectivity index (χ2v) is 4.15. The third kappa shape index (κ3) is 1.76. The van der Waals surface area contributed by atoms with Crippen molar-refractivity contribution in [2.24, 2.45) is 0 Å². The highest BCUT2D eigenvalue weighted by Gasteiger charge is 2.10. The van der Waals surface area contributed by atoms with Crippen molar-refractivity contribution in [2.75, 3.05) is 12.3 Å². The van der Waals surface area contributed by atoms with E-state index in [1.807, 2.05) is 11.5 Å². The number of hydrogen-bond donors (Lipinski definition) is 2. The SMILES string of the molecule is Cc1cc(C)c2nc(N)n(CCCO)c2c1. The van der Waals surface area contributed by atoms with Crippen LogP contribution in [0.1, 0.15) is 17.5 Å². The Hall–Kier alpha value is -1.55. The fourth-order valence-electron chi connectivity index (χ4n) is 2.05. The summed E-state index contributed by atoms with van der Waals surface area (Å²) in [6.07, 6.45) is 0.697. The van der Waals surface area contributed by atoms with Crippen molar-refractivity contribution in [1.29, 1.82) is 0 Å². The van der Waals surface area contributed by atoms with E-state index in [2.05, 4.69) is 24.0 Å². The number of hydrogen-bond acceptors (Lipinski definition) is 3. The predicted molar refractivity (Wildman–Crippen MR) is 65.3 cm³/mol. The van der Waals surface area contributed by atoms with Gasteiger partial charge in [0.05, 0.1) is 11.0 Å². The van der Waals surface area contributed by atoms with Crippen molar-refractivity contribution in [1.82, 2.24) is 9.55 Å². The summed E-state index contributed by atoms with van der Waals surface area (Å²) in [6, 6.07) is 4.19. The molecule has 16 heavy (non-hydrogen) atoms. The number of aliphatic hydroxyl groups excluding tert-OH is 1. The van der Waals surface area contributed by atoms with Crippen LogP contribution in [0.5, 0.6) is 0 Å². The fraction of sp³-hybridized carbons (Fsp3) is 0.417. The van der Waals surface area contributed by atoms with E-state index in [0.717, 1.165) is 16.6 Å². The Kier molecular flexibility index (Phi) is 2.83. The maximum absolute atomic E-state index is 8.86. The van der Waals surface area contributed by atoms with Gasteiger partial charge in [0.15, 0.2) is 0 Å². The smallest absolute Gasteiger partial charge is 0.201 e. The molecule has 2 aromatic rings. The van der Waals surface area contributed by atoms with Gasteiger partial charge in [-0.3, -0.25) is 0 Å². The number of nitrogens with zero attached hydrogens (tertiary/aromatic N) is 2. The number of aryl methyl sites for hydroxylation is 3. The molecule has 0 aliphatic rings. The quantitative estimate of drug-likeness (QED) is 0.824. The molecule has 1 aromatic carbocycles. The molecule has 0 saturated heterocycles. The Morgan fingerprint density at radius 3 is 2.81 bits per heavy atom. The molecular weight excluding hydrogens is 202 g/mol. The van der Waals surface area contributed by atoms with Crippen molar-refractivity contribution < 1.29 is 5.11 Å². The molecule has 0 saturated carbocycles. The Balaban J connectivity index is 2.59. The maximum Gasteiger partial charge on any atom is 0.201 e. The lowest BCUT2D eigenvalue weighted by molar-refractivity contribution is 0.281. The number of aliphatic hydroxyl groups is 1. The van der Waals surface area contributed by atoms with Crippen molar-refractivity contribution in [3.05, 3.63) is 23.3 Å². The molecule has 4 heteroatoms. The normalized spacial score (nSPS) is 11.2. The molecule has 0 spiro atoms. The Morgan fingerprint density at radius 1 is 1.38 bits per heavy atom. The molecule has 1 heterocycles. The van der Waals surface area contributed by atoms with Crippen molar-refractivity contribution in [3.63, 3.8) is 0 Å². The van der Waals surface area contributed by atoms with E-state index in [4.69, 9.17) is 10.8 Å². The van der Waals surface area contributed by atoms with Gasteiger partial charge >= 0.3 is 0 Å². The lowest BCUT2D eigenvalue weighted by atomic mass is 10.1. The number of imidazole rings is 1. The molecule has 0 unspecified atom stereocenters. The highest BCUT2D eigenvalue weighted by molar-refractivity contribution is 5.82. The Labute approximate surface area is 94.7 Å². The minimum absolute atomic E-state index is 0.171. The number of fused-ring (bicyclic) bond motifs is 1. The Morgan fingerprint density at radius 2 is 2.12 bits per heavy atom. The molecule has 3 N–H and O–H groups in total. The third-order valence-corrected chi connectivity index (χ3v) is 2.76. The lowest BCUT2D eigenvalue weighted by Crippen LogP contribution is -2.04. The van der Waals surface area contributed by atoms with E-state index in [1.165, 1.54) is 5.56 Å². The maximum atomic E-state index is 8.86. The van der Waals surface area contributed by atoms with E-state index in [0.29, 0.717) is 18.9 Å². The first-order valence-corrected chi connectivity index (χ1v) is 5.47. The molecule has 2 rings (SSSR count). The summed E-state index contributed by atoms with van der Waals surface area (Å²) in [4.78, 5) is 4.37. The number of rotatable bonds is 3. The van der Waals surface area contributed by atoms with Crippen LogP contribution in [0.25, 0.3) is 11.0 Å². The molecular formula is C12H17N3O. The van der Waals surface area contributed by atoms with Crippen LogP contribution < -0.4 is 5.73 Å². The molecule has 0 atom stereocenters. The first-order valence-electron chi connectivity index (χ1n) is 5.47. The van der Waals surface area contributed by atoms with Gasteiger partial charge in [0.2, 0.25) is 5.95 Å². The fourth-order valence-corrected chi connectivity index (χ4v) is 2.05. The van der Waals surface area contributed by atoms with Crippen molar-refractivity contribution in [2.45, 2.75) is 26.8 Å². The first-order chi connectivity index (χ1) is 7.63. The summed E-state index contributed by atoms with van der Waals surface area (Å²) in [5, 5.41) is 8.86. The van der Waals surface area contributed by atoms with Gasteiger partial charge in [-0.2, -0.15) is 0 Å². The van der Waals surface area contributed by atoms with Gasteiger partial charge in [0.25, 0.3) is 0 Å². The number of nitrogens with two attached hydrogens (primary N) is 1. The van der Waals surface area contributed by atoms with Gasteiger partial charge in [-0.1, -0.05) is 6.07 Å². The second kappa shape index (κ2) is 4.14. The van der Waals surface area contributed by atoms with Crippen LogP contribution in [-0.4, -0.2) is 21.3 Å². The molecule has 86 valence electrons. The number of benzene rings is 1. The zero-order chi connectivity index (χ0) is 11.7. The number of nitrogen functional groups attached to an aromatic ring is 1. The Bertz CT molecular complexity index is 516. The molecule has 0 aliphatic heterocycles. The van der Waals surface area contributed by atoms with Gasteiger partial charge < -0.3 is 15.4 Å². The van der Waals surface area contributed by atoms with E-state index < -0.39 is 0 Å². The lowest BCUT2D eigenvalue weighted by Gasteiger charge is -2.05. The van der Waals surface area contributed by atoms with Gasteiger partial charge in [0, 0.05) is 13.2 Å². The van der Waals surface area contributed by atoms with E-state index in [9.17, 15) is 0 Å². The minimum Gasteiger partial charge on any atom is -0.396 e. The standard InChI is InChI=1S/C12H17N3O/c1-8-6-9(2)11-10(7-8)15(4-3-5-16)12(13)14-11/h6-7,16H,3-5H2,1-2H3,(H2,13,14). The monoisotopic (exact) mass is 219 g/mol. The molecule has 1 aromatic heterocycles. The highest BCUT2D eigenvalue weighted by atomic mass is 16.3. The second-order valence-electron chi connectivity index (χ2n) is 4.15. The highest BCUT2D eigenvalue weighted by Crippen LogP contribution is 2.23. The average molecular weight is 219 g/mol. The van der Waals surface area contributed by atoms with Gasteiger partial charge in [-0.05, 0) is 37.5 Å². The van der Waals surface area contributed by atoms with E-state index in [1.54, 1.807) is 0 Å².